The zero-order chi connectivity index (χ0) is 20.1. The lowest BCUT2D eigenvalue weighted by Gasteiger charge is -2.09. The first-order chi connectivity index (χ1) is 14.2. The highest BCUT2D eigenvalue weighted by atomic mass is 16.1. The molecule has 0 aliphatic rings. The van der Waals surface area contributed by atoms with Crippen LogP contribution in [0.3, 0.4) is 0 Å². The van der Waals surface area contributed by atoms with Crippen LogP contribution in [-0.4, -0.2) is 30.4 Å². The Morgan fingerprint density at radius 1 is 0.966 bits per heavy atom. The van der Waals surface area contributed by atoms with E-state index in [0.717, 1.165) is 22.9 Å². The van der Waals surface area contributed by atoms with E-state index < -0.39 is 0 Å². The van der Waals surface area contributed by atoms with Crippen molar-refractivity contribution >= 4 is 17.5 Å². The average molecular weight is 385 g/mol. The van der Waals surface area contributed by atoms with E-state index >= 15 is 0 Å². The molecule has 0 radical (unpaired) electrons. The van der Waals surface area contributed by atoms with E-state index in [1.807, 2.05) is 42.0 Å². The smallest absolute Gasteiger partial charge is 0.251 e. The van der Waals surface area contributed by atoms with E-state index in [1.54, 1.807) is 43.0 Å². The second kappa shape index (κ2) is 8.30. The number of amides is 1. The molecular formula is C21H19N7O. The Morgan fingerprint density at radius 2 is 1.83 bits per heavy atom. The molecule has 144 valence electrons. The molecule has 2 N–H and O–H groups in total. The number of nitrogens with zero attached hydrogens (tertiary/aromatic N) is 5. The minimum absolute atomic E-state index is 0.167. The molecule has 4 rings (SSSR count). The van der Waals surface area contributed by atoms with Crippen molar-refractivity contribution in [3.63, 3.8) is 0 Å². The fraction of sp³-hybridized carbons (Fsp3) is 0.0952. The van der Waals surface area contributed by atoms with Crippen LogP contribution >= 0.6 is 0 Å². The van der Waals surface area contributed by atoms with Crippen LogP contribution in [0.2, 0.25) is 0 Å². The van der Waals surface area contributed by atoms with Gasteiger partial charge in [-0.1, -0.05) is 6.07 Å². The number of pyridine rings is 1. The summed E-state index contributed by atoms with van der Waals surface area (Å²) in [6.45, 7) is 2.30. The van der Waals surface area contributed by atoms with Gasteiger partial charge in [0.15, 0.2) is 0 Å². The number of aromatic nitrogens is 5. The number of benzene rings is 1. The van der Waals surface area contributed by atoms with Gasteiger partial charge in [0.2, 0.25) is 5.95 Å². The maximum Gasteiger partial charge on any atom is 0.251 e. The minimum atomic E-state index is -0.167. The Balaban J connectivity index is 1.43. The van der Waals surface area contributed by atoms with Gasteiger partial charge in [-0.05, 0) is 48.9 Å². The maximum absolute atomic E-state index is 12.6. The molecule has 3 heterocycles. The van der Waals surface area contributed by atoms with Crippen molar-refractivity contribution < 1.29 is 4.79 Å². The molecule has 0 saturated carbocycles. The lowest BCUT2D eigenvalue weighted by molar-refractivity contribution is 0.0951. The molecule has 0 bridgehead atoms. The van der Waals surface area contributed by atoms with Crippen molar-refractivity contribution in [3.05, 3.63) is 90.4 Å². The lowest BCUT2D eigenvalue weighted by Crippen LogP contribution is -2.23. The van der Waals surface area contributed by atoms with Crippen LogP contribution in [0.1, 0.15) is 21.7 Å². The van der Waals surface area contributed by atoms with Crippen LogP contribution in [0.5, 0.6) is 0 Å². The number of imidazole rings is 1. The van der Waals surface area contributed by atoms with E-state index in [9.17, 15) is 4.79 Å². The second-order valence-corrected chi connectivity index (χ2v) is 6.33. The average Bonchev–Trinajstić information content (AvgIpc) is 3.19. The monoisotopic (exact) mass is 385 g/mol. The zero-order valence-electron chi connectivity index (χ0n) is 15.8. The molecule has 1 amide bonds. The molecule has 4 aromatic rings. The topological polar surface area (TPSA) is 97.6 Å². The fourth-order valence-electron chi connectivity index (χ4n) is 2.84. The first-order valence-corrected chi connectivity index (χ1v) is 9.06. The van der Waals surface area contributed by atoms with Crippen molar-refractivity contribution in [1.82, 2.24) is 29.8 Å². The Bertz CT molecular complexity index is 1120. The van der Waals surface area contributed by atoms with Crippen molar-refractivity contribution in [2.45, 2.75) is 13.5 Å². The Morgan fingerprint density at radius 3 is 2.62 bits per heavy atom. The summed E-state index contributed by atoms with van der Waals surface area (Å²) in [6, 6.07) is 12.7. The Hall–Kier alpha value is -4.07. The number of carbonyl (C=O) groups excluding carboxylic acids is 1. The summed E-state index contributed by atoms with van der Waals surface area (Å²) in [7, 11) is 0. The van der Waals surface area contributed by atoms with Crippen LogP contribution in [0, 0.1) is 6.92 Å². The van der Waals surface area contributed by atoms with Gasteiger partial charge in [0.05, 0.1) is 0 Å². The van der Waals surface area contributed by atoms with Crippen molar-refractivity contribution in [1.29, 1.82) is 0 Å². The van der Waals surface area contributed by atoms with Crippen LogP contribution in [0.15, 0.2) is 73.4 Å². The summed E-state index contributed by atoms with van der Waals surface area (Å²) in [4.78, 5) is 29.4. The molecule has 0 aliphatic heterocycles. The molecule has 1 aromatic carbocycles. The van der Waals surface area contributed by atoms with Gasteiger partial charge in [0, 0.05) is 48.8 Å². The summed E-state index contributed by atoms with van der Waals surface area (Å²) >= 11 is 0. The summed E-state index contributed by atoms with van der Waals surface area (Å²) in [6.07, 6.45) is 8.61. The van der Waals surface area contributed by atoms with E-state index in [1.165, 1.54) is 0 Å². The van der Waals surface area contributed by atoms with Gasteiger partial charge >= 0.3 is 0 Å². The zero-order valence-corrected chi connectivity index (χ0v) is 15.8. The van der Waals surface area contributed by atoms with Crippen LogP contribution in [0.25, 0.3) is 5.82 Å². The van der Waals surface area contributed by atoms with Gasteiger partial charge in [-0.2, -0.15) is 0 Å². The van der Waals surface area contributed by atoms with E-state index in [0.29, 0.717) is 18.1 Å². The van der Waals surface area contributed by atoms with Gasteiger partial charge < -0.3 is 10.6 Å². The summed E-state index contributed by atoms with van der Waals surface area (Å²) in [5.41, 5.74) is 2.24. The van der Waals surface area contributed by atoms with Gasteiger partial charge in [-0.15, -0.1) is 0 Å². The van der Waals surface area contributed by atoms with Crippen molar-refractivity contribution in [2.24, 2.45) is 0 Å². The second-order valence-electron chi connectivity index (χ2n) is 6.33. The summed E-state index contributed by atoms with van der Waals surface area (Å²) in [5.74, 6) is 1.93. The SMILES string of the molecule is Cc1nccn1-c1cc(CNC(=O)c2cccc(Nc3ncccn3)c2)ccn1. The van der Waals surface area contributed by atoms with Crippen molar-refractivity contribution in [2.75, 3.05) is 5.32 Å². The quantitative estimate of drug-likeness (QED) is 0.529. The highest BCUT2D eigenvalue weighted by molar-refractivity contribution is 5.95. The number of anilines is 2. The predicted molar refractivity (Wildman–Crippen MR) is 109 cm³/mol. The lowest BCUT2D eigenvalue weighted by atomic mass is 10.1. The number of carbonyl (C=O) groups is 1. The molecule has 3 aromatic heterocycles. The molecule has 0 aliphatic carbocycles. The van der Waals surface area contributed by atoms with E-state index in [-0.39, 0.29) is 5.91 Å². The number of nitrogens with one attached hydrogen (secondary N) is 2. The van der Waals surface area contributed by atoms with Crippen LogP contribution in [-0.2, 0) is 6.54 Å². The molecule has 8 nitrogen and oxygen atoms in total. The molecule has 0 spiro atoms. The molecule has 0 unspecified atom stereocenters. The third-order valence-electron chi connectivity index (χ3n) is 4.28. The summed E-state index contributed by atoms with van der Waals surface area (Å²) < 4.78 is 1.89. The third kappa shape index (κ3) is 4.44. The molecule has 29 heavy (non-hydrogen) atoms. The van der Waals surface area contributed by atoms with Crippen LogP contribution < -0.4 is 10.6 Å². The highest BCUT2D eigenvalue weighted by Gasteiger charge is 2.08. The molecule has 8 heteroatoms. The highest BCUT2D eigenvalue weighted by Crippen LogP contribution is 2.15. The number of hydrogen-bond donors (Lipinski definition) is 2. The van der Waals surface area contributed by atoms with Crippen LogP contribution in [0.4, 0.5) is 11.6 Å². The molecule has 0 atom stereocenters. The molecule has 0 saturated heterocycles. The standard InChI is InChI=1S/C21H19N7O/c1-15-22-10-11-28(15)19-12-16(6-9-23-19)14-26-20(29)17-4-2-5-18(13-17)27-21-24-7-3-8-25-21/h2-13H,14H2,1H3,(H,26,29)(H,24,25,27). The van der Waals surface area contributed by atoms with Crippen molar-refractivity contribution in [3.8, 4) is 5.82 Å². The van der Waals surface area contributed by atoms with E-state index in [2.05, 4.69) is 30.6 Å². The molecule has 0 fully saturated rings. The maximum atomic E-state index is 12.6. The Kier molecular flexibility index (Phi) is 5.24. The predicted octanol–water partition coefficient (Wildman–Crippen LogP) is 3.04. The van der Waals surface area contributed by atoms with Gasteiger partial charge in [0.1, 0.15) is 11.6 Å². The first kappa shape index (κ1) is 18.3. The molecular weight excluding hydrogens is 366 g/mol. The number of hydrogen-bond acceptors (Lipinski definition) is 6. The first-order valence-electron chi connectivity index (χ1n) is 9.06. The fourth-order valence-corrected chi connectivity index (χ4v) is 2.84. The third-order valence-corrected chi connectivity index (χ3v) is 4.28. The summed E-state index contributed by atoms with van der Waals surface area (Å²) in [5, 5.41) is 6.02. The Labute approximate surface area is 167 Å². The number of aryl methyl sites for hydroxylation is 1. The minimum Gasteiger partial charge on any atom is -0.348 e. The number of rotatable bonds is 6. The van der Waals surface area contributed by atoms with Gasteiger partial charge in [0.25, 0.3) is 5.91 Å². The largest absolute Gasteiger partial charge is 0.348 e. The van der Waals surface area contributed by atoms with Gasteiger partial charge in [-0.3, -0.25) is 9.36 Å². The van der Waals surface area contributed by atoms with E-state index in [4.69, 9.17) is 0 Å². The normalized spacial score (nSPS) is 10.5. The van der Waals surface area contributed by atoms with Gasteiger partial charge in [-0.25, -0.2) is 19.9 Å².